The van der Waals surface area contributed by atoms with Crippen molar-refractivity contribution in [2.24, 2.45) is 5.92 Å². The number of piperidine rings is 1. The van der Waals surface area contributed by atoms with Gasteiger partial charge in [-0.15, -0.1) is 11.3 Å². The number of benzene rings is 1. The Labute approximate surface area is 191 Å². The van der Waals surface area contributed by atoms with Gasteiger partial charge in [0.05, 0.1) is 14.2 Å². The number of fused-ring (bicyclic) bond motifs is 1. The summed E-state index contributed by atoms with van der Waals surface area (Å²) in [4.78, 5) is 24.8. The zero-order valence-corrected chi connectivity index (χ0v) is 19.5. The smallest absolute Gasteiger partial charge is 0.324 e. The molecule has 2 N–H and O–H groups in total. The largest absolute Gasteiger partial charge is 0.493 e. The van der Waals surface area contributed by atoms with Crippen molar-refractivity contribution in [3.8, 4) is 11.5 Å². The Bertz CT molecular complexity index is 1120. The molecule has 1 aliphatic rings. The maximum absolute atomic E-state index is 12.5. The lowest BCUT2D eigenvalue weighted by atomic mass is 9.74. The van der Waals surface area contributed by atoms with Crippen LogP contribution in [0, 0.1) is 5.92 Å². The Hall–Kier alpha value is -2.91. The third-order valence-electron chi connectivity index (χ3n) is 6.63. The molecule has 3 aromatic rings. The zero-order valence-electron chi connectivity index (χ0n) is 18.7. The minimum Gasteiger partial charge on any atom is -0.493 e. The van der Waals surface area contributed by atoms with E-state index in [0.717, 1.165) is 15.8 Å². The molecule has 0 spiro atoms. The monoisotopic (exact) mass is 456 g/mol. The fraction of sp³-hybridized carbons (Fsp3) is 0.435. The van der Waals surface area contributed by atoms with E-state index in [9.17, 15) is 9.90 Å². The number of aromatic nitrogens is 2. The van der Waals surface area contributed by atoms with Crippen LogP contribution in [-0.4, -0.2) is 53.4 Å². The third kappa shape index (κ3) is 3.86. The highest BCUT2D eigenvalue weighted by Gasteiger charge is 2.50. The van der Waals surface area contributed by atoms with E-state index >= 15 is 0 Å². The van der Waals surface area contributed by atoms with Crippen LogP contribution in [0.1, 0.15) is 25.8 Å². The molecule has 8 nitrogen and oxygen atoms in total. The summed E-state index contributed by atoms with van der Waals surface area (Å²) in [6, 6.07) is 7.55. The molecule has 3 unspecified atom stereocenters. The van der Waals surface area contributed by atoms with Gasteiger partial charge in [-0.2, -0.15) is 0 Å². The number of rotatable bonds is 7. The second-order valence-corrected chi connectivity index (χ2v) is 9.04. The van der Waals surface area contributed by atoms with E-state index in [4.69, 9.17) is 14.5 Å². The fourth-order valence-electron chi connectivity index (χ4n) is 4.45. The summed E-state index contributed by atoms with van der Waals surface area (Å²) < 4.78 is 10.7. The van der Waals surface area contributed by atoms with Crippen LogP contribution in [-0.2, 0) is 11.3 Å². The van der Waals surface area contributed by atoms with Crippen LogP contribution in [0.15, 0.2) is 35.8 Å². The van der Waals surface area contributed by atoms with Gasteiger partial charge >= 0.3 is 5.97 Å². The molecule has 0 amide bonds. The quantitative estimate of drug-likeness (QED) is 0.557. The van der Waals surface area contributed by atoms with Crippen molar-refractivity contribution >= 4 is 33.5 Å². The average Bonchev–Trinajstić information content (AvgIpc) is 3.27. The molecule has 0 saturated carbocycles. The van der Waals surface area contributed by atoms with Crippen LogP contribution in [0.2, 0.25) is 0 Å². The first kappa shape index (κ1) is 22.3. The number of anilines is 1. The van der Waals surface area contributed by atoms with E-state index in [1.165, 1.54) is 0 Å². The summed E-state index contributed by atoms with van der Waals surface area (Å²) in [6.45, 7) is 4.98. The molecule has 0 bridgehead atoms. The molecule has 4 rings (SSSR count). The van der Waals surface area contributed by atoms with Gasteiger partial charge in [-0.3, -0.25) is 10.1 Å². The van der Waals surface area contributed by atoms with E-state index < -0.39 is 11.5 Å². The molecule has 1 saturated heterocycles. The molecule has 1 aromatic carbocycles. The van der Waals surface area contributed by atoms with Gasteiger partial charge in [-0.05, 0) is 42.5 Å². The van der Waals surface area contributed by atoms with Crippen LogP contribution >= 0.6 is 11.3 Å². The van der Waals surface area contributed by atoms with Crippen LogP contribution < -0.4 is 19.7 Å². The van der Waals surface area contributed by atoms with Gasteiger partial charge in [0.15, 0.2) is 11.5 Å². The highest BCUT2D eigenvalue weighted by molar-refractivity contribution is 7.16. The lowest BCUT2D eigenvalue weighted by molar-refractivity contribution is -0.149. The first-order valence-corrected chi connectivity index (χ1v) is 11.4. The summed E-state index contributed by atoms with van der Waals surface area (Å²) in [5.41, 5.74) is -0.132. The van der Waals surface area contributed by atoms with Crippen molar-refractivity contribution in [2.75, 3.05) is 25.7 Å². The number of carbonyl (C=O) groups is 1. The number of carboxylic acid groups (broad SMARTS) is 1. The molecule has 0 radical (unpaired) electrons. The van der Waals surface area contributed by atoms with Crippen LogP contribution in [0.3, 0.4) is 0 Å². The first-order chi connectivity index (χ1) is 15.4. The Morgan fingerprint density at radius 2 is 2.06 bits per heavy atom. The Kier molecular flexibility index (Phi) is 6.21. The van der Waals surface area contributed by atoms with E-state index in [1.54, 1.807) is 25.6 Å². The summed E-state index contributed by atoms with van der Waals surface area (Å²) in [6.07, 6.45) is 2.27. The molecule has 170 valence electrons. The summed E-state index contributed by atoms with van der Waals surface area (Å²) in [5, 5.41) is 16.6. The second kappa shape index (κ2) is 8.91. The van der Waals surface area contributed by atoms with Crippen molar-refractivity contribution < 1.29 is 19.4 Å². The maximum atomic E-state index is 12.5. The normalized spacial score (nSPS) is 23.3. The van der Waals surface area contributed by atoms with Crippen molar-refractivity contribution in [3.63, 3.8) is 0 Å². The van der Waals surface area contributed by atoms with Gasteiger partial charge in [0.1, 0.15) is 10.4 Å². The first-order valence-electron chi connectivity index (χ1n) is 10.6. The molecular weight excluding hydrogens is 428 g/mol. The van der Waals surface area contributed by atoms with Gasteiger partial charge in [0.25, 0.3) is 0 Å². The highest BCUT2D eigenvalue weighted by atomic mass is 32.1. The summed E-state index contributed by atoms with van der Waals surface area (Å²) >= 11 is 1.58. The summed E-state index contributed by atoms with van der Waals surface area (Å²) in [5.74, 6) is 0.886. The van der Waals surface area contributed by atoms with Gasteiger partial charge < -0.3 is 19.5 Å². The maximum Gasteiger partial charge on any atom is 0.324 e. The minimum absolute atomic E-state index is 0.0600. The molecule has 0 aliphatic carbocycles. The van der Waals surface area contributed by atoms with Crippen molar-refractivity contribution in [1.82, 2.24) is 15.3 Å². The number of nitrogens with zero attached hydrogens (tertiary/aromatic N) is 3. The Morgan fingerprint density at radius 3 is 2.78 bits per heavy atom. The fourth-order valence-corrected chi connectivity index (χ4v) is 5.19. The number of nitrogens with one attached hydrogen (secondary N) is 1. The third-order valence-corrected chi connectivity index (χ3v) is 7.45. The molecule has 1 fully saturated rings. The lowest BCUT2D eigenvalue weighted by Crippen LogP contribution is -2.66. The van der Waals surface area contributed by atoms with E-state index in [2.05, 4.69) is 15.2 Å². The predicted octanol–water partition coefficient (Wildman–Crippen LogP) is 3.56. The number of thiophene rings is 1. The SMILES string of the molecule is COc1ccc(CNC2(C(=O)O)CCN(c3ncc4ccsc4n3)C(C)C2C)cc1OC. The van der Waals surface area contributed by atoms with Crippen LogP contribution in [0.5, 0.6) is 11.5 Å². The number of carboxylic acids is 1. The molecule has 9 heteroatoms. The zero-order chi connectivity index (χ0) is 22.9. The van der Waals surface area contributed by atoms with Crippen molar-refractivity contribution in [3.05, 3.63) is 41.4 Å². The van der Waals surface area contributed by atoms with Crippen LogP contribution in [0.4, 0.5) is 5.95 Å². The number of hydrogen-bond donors (Lipinski definition) is 2. The van der Waals surface area contributed by atoms with Gasteiger partial charge in [0, 0.05) is 36.6 Å². The highest BCUT2D eigenvalue weighted by Crippen LogP contribution is 2.36. The number of ether oxygens (including phenoxy) is 2. The molecule has 1 aliphatic heterocycles. The number of methoxy groups -OCH3 is 2. The average molecular weight is 457 g/mol. The molecular formula is C23H28N4O4S. The van der Waals surface area contributed by atoms with Gasteiger partial charge in [0.2, 0.25) is 5.95 Å². The number of aliphatic carboxylic acids is 1. The van der Waals surface area contributed by atoms with Crippen molar-refractivity contribution in [1.29, 1.82) is 0 Å². The van der Waals surface area contributed by atoms with Gasteiger partial charge in [-0.1, -0.05) is 13.0 Å². The van der Waals surface area contributed by atoms with Crippen molar-refractivity contribution in [2.45, 2.75) is 38.4 Å². The lowest BCUT2D eigenvalue weighted by Gasteiger charge is -2.48. The molecule has 2 aromatic heterocycles. The Morgan fingerprint density at radius 1 is 1.28 bits per heavy atom. The molecule has 3 atom stereocenters. The summed E-state index contributed by atoms with van der Waals surface area (Å²) in [7, 11) is 3.18. The van der Waals surface area contributed by atoms with Crippen LogP contribution in [0.25, 0.3) is 10.2 Å². The molecule has 3 heterocycles. The minimum atomic E-state index is -1.06. The topological polar surface area (TPSA) is 96.8 Å². The van der Waals surface area contributed by atoms with E-state index in [1.807, 2.05) is 49.7 Å². The standard InChI is InChI=1S/C23H28N4O4S/c1-14-15(2)27(22-24-13-17-7-10-32-20(17)26-22)9-8-23(14,21(28)29)25-12-16-5-6-18(30-3)19(11-16)31-4/h5-7,10-11,13-15,25H,8-9,12H2,1-4H3,(H,28,29). The van der Waals surface area contributed by atoms with Gasteiger partial charge in [-0.25, -0.2) is 9.97 Å². The predicted molar refractivity (Wildman–Crippen MR) is 125 cm³/mol. The van der Waals surface area contributed by atoms with E-state index in [-0.39, 0.29) is 12.0 Å². The Balaban J connectivity index is 1.55. The number of hydrogen-bond acceptors (Lipinski definition) is 8. The molecule has 32 heavy (non-hydrogen) atoms. The second-order valence-electron chi connectivity index (χ2n) is 8.14. The van der Waals surface area contributed by atoms with E-state index in [0.29, 0.717) is 37.0 Å².